The van der Waals surface area contributed by atoms with Crippen LogP contribution >= 0.6 is 15.9 Å². The van der Waals surface area contributed by atoms with Crippen LogP contribution in [0.25, 0.3) is 0 Å². The van der Waals surface area contributed by atoms with Crippen molar-refractivity contribution in [1.82, 2.24) is 4.90 Å². The second kappa shape index (κ2) is 5.75. The molecule has 1 heterocycles. The van der Waals surface area contributed by atoms with Crippen molar-refractivity contribution in [2.75, 3.05) is 13.1 Å². The zero-order valence-electron chi connectivity index (χ0n) is 9.81. The molecule has 1 fully saturated rings. The minimum atomic E-state index is -0.696. The molecule has 1 aliphatic heterocycles. The Hall–Kier alpha value is -1.01. The molecule has 1 aromatic carbocycles. The van der Waals surface area contributed by atoms with E-state index in [9.17, 15) is 14.5 Å². The van der Waals surface area contributed by atoms with Crippen molar-refractivity contribution in [3.05, 3.63) is 38.3 Å². The molecule has 0 saturated carbocycles. The van der Waals surface area contributed by atoms with Crippen LogP contribution in [0.4, 0.5) is 10.1 Å². The van der Waals surface area contributed by atoms with Crippen LogP contribution in [0.15, 0.2) is 22.7 Å². The van der Waals surface area contributed by atoms with Crippen LogP contribution in [0.1, 0.15) is 18.4 Å². The third-order valence-corrected chi connectivity index (χ3v) is 3.53. The molecule has 2 rings (SSSR count). The molecule has 6 heteroatoms. The highest BCUT2D eigenvalue weighted by atomic mass is 79.9. The van der Waals surface area contributed by atoms with Crippen LogP contribution < -0.4 is 0 Å². The topological polar surface area (TPSA) is 46.4 Å². The number of nitrogens with zero attached hydrogens (tertiary/aromatic N) is 2. The number of rotatable bonds is 3. The maximum Gasteiger partial charge on any atom is 0.270 e. The van der Waals surface area contributed by atoms with E-state index in [-0.39, 0.29) is 5.69 Å². The third kappa shape index (κ3) is 3.49. The van der Waals surface area contributed by atoms with E-state index in [2.05, 4.69) is 20.8 Å². The lowest BCUT2D eigenvalue weighted by atomic mass is 10.1. The molecule has 1 aromatic rings. The number of benzene rings is 1. The number of nitro benzene ring substituents is 1. The first-order valence-corrected chi connectivity index (χ1v) is 6.64. The number of non-ortho nitro benzene ring substituents is 1. The van der Waals surface area contributed by atoms with E-state index < -0.39 is 11.1 Å². The van der Waals surface area contributed by atoms with Gasteiger partial charge in [-0.25, -0.2) is 4.39 Å². The molecule has 1 aliphatic rings. The predicted molar refractivity (Wildman–Crippen MR) is 70.2 cm³/mol. The largest absolute Gasteiger partial charge is 0.299 e. The summed E-state index contributed by atoms with van der Waals surface area (Å²) in [5, 5.41) is 10.8. The molecule has 0 atom stereocenters. The number of hydrogen-bond acceptors (Lipinski definition) is 3. The second-order valence-corrected chi connectivity index (χ2v) is 5.44. The summed E-state index contributed by atoms with van der Waals surface area (Å²) in [5.74, 6) is 0. The van der Waals surface area contributed by atoms with Gasteiger partial charge in [-0.2, -0.15) is 0 Å². The Balaban J connectivity index is 2.07. The summed E-state index contributed by atoms with van der Waals surface area (Å²) < 4.78 is 13.7. The van der Waals surface area contributed by atoms with Crippen molar-refractivity contribution in [3.63, 3.8) is 0 Å². The normalized spacial score (nSPS) is 17.9. The Morgan fingerprint density at radius 3 is 2.67 bits per heavy atom. The van der Waals surface area contributed by atoms with E-state index in [1.165, 1.54) is 6.07 Å². The van der Waals surface area contributed by atoms with Gasteiger partial charge in [0.2, 0.25) is 0 Å². The summed E-state index contributed by atoms with van der Waals surface area (Å²) in [5.41, 5.74) is 0.966. The maximum atomic E-state index is 13.0. The monoisotopic (exact) mass is 316 g/mol. The highest BCUT2D eigenvalue weighted by Crippen LogP contribution is 2.23. The zero-order valence-corrected chi connectivity index (χ0v) is 11.4. The van der Waals surface area contributed by atoms with Gasteiger partial charge in [-0.1, -0.05) is 15.9 Å². The molecule has 0 N–H and O–H groups in total. The van der Waals surface area contributed by atoms with Gasteiger partial charge in [-0.05, 0) is 24.5 Å². The van der Waals surface area contributed by atoms with Crippen LogP contribution in [0, 0.1) is 10.1 Å². The Kier molecular flexibility index (Phi) is 4.29. The van der Waals surface area contributed by atoms with Gasteiger partial charge in [-0.15, -0.1) is 0 Å². The second-order valence-electron chi connectivity index (χ2n) is 4.53. The first-order chi connectivity index (χ1) is 8.54. The molecular weight excluding hydrogens is 303 g/mol. The summed E-state index contributed by atoms with van der Waals surface area (Å²) in [4.78, 5) is 12.5. The van der Waals surface area contributed by atoms with Gasteiger partial charge in [0, 0.05) is 36.2 Å². The Morgan fingerprint density at radius 1 is 1.39 bits per heavy atom. The van der Waals surface area contributed by atoms with E-state index in [0.717, 1.165) is 5.56 Å². The SMILES string of the molecule is O=[N+]([O-])c1cc(Br)cc(CN2CCC(F)CC2)c1. The van der Waals surface area contributed by atoms with Crippen molar-refractivity contribution in [3.8, 4) is 0 Å². The zero-order chi connectivity index (χ0) is 13.1. The lowest BCUT2D eigenvalue weighted by molar-refractivity contribution is -0.385. The molecular formula is C12H14BrFN2O2. The molecule has 98 valence electrons. The lowest BCUT2D eigenvalue weighted by Crippen LogP contribution is -2.33. The first-order valence-electron chi connectivity index (χ1n) is 5.85. The Labute approximate surface area is 113 Å². The quantitative estimate of drug-likeness (QED) is 0.635. The van der Waals surface area contributed by atoms with Gasteiger partial charge in [-0.3, -0.25) is 15.0 Å². The average Bonchev–Trinajstić information content (AvgIpc) is 2.31. The molecule has 0 unspecified atom stereocenters. The van der Waals surface area contributed by atoms with E-state index in [1.54, 1.807) is 6.07 Å². The molecule has 0 aliphatic carbocycles. The minimum absolute atomic E-state index is 0.0831. The maximum absolute atomic E-state index is 13.0. The van der Waals surface area contributed by atoms with E-state index in [1.807, 2.05) is 6.07 Å². The number of nitro groups is 1. The number of piperidine rings is 1. The Bertz CT molecular complexity index is 448. The van der Waals surface area contributed by atoms with Crippen molar-refractivity contribution in [2.24, 2.45) is 0 Å². The molecule has 18 heavy (non-hydrogen) atoms. The molecule has 0 radical (unpaired) electrons. The number of halogens is 2. The number of hydrogen-bond donors (Lipinski definition) is 0. The van der Waals surface area contributed by atoms with Crippen molar-refractivity contribution < 1.29 is 9.31 Å². The number of likely N-dealkylation sites (tertiary alicyclic amines) is 1. The van der Waals surface area contributed by atoms with Gasteiger partial charge in [0.1, 0.15) is 6.17 Å². The number of alkyl halides is 1. The lowest BCUT2D eigenvalue weighted by Gasteiger charge is -2.28. The summed E-state index contributed by atoms with van der Waals surface area (Å²) in [6.07, 6.45) is 0.407. The van der Waals surface area contributed by atoms with Crippen molar-refractivity contribution in [1.29, 1.82) is 0 Å². The fourth-order valence-corrected chi connectivity index (χ4v) is 2.68. The minimum Gasteiger partial charge on any atom is -0.299 e. The van der Waals surface area contributed by atoms with Crippen LogP contribution in [0.2, 0.25) is 0 Å². The molecule has 0 bridgehead atoms. The Morgan fingerprint density at radius 2 is 2.06 bits per heavy atom. The fraction of sp³-hybridized carbons (Fsp3) is 0.500. The molecule has 0 spiro atoms. The predicted octanol–water partition coefficient (Wildman–Crippen LogP) is 3.29. The van der Waals surface area contributed by atoms with Crippen LogP contribution in [0.3, 0.4) is 0 Å². The van der Waals surface area contributed by atoms with Crippen molar-refractivity contribution >= 4 is 21.6 Å². The molecule has 0 aromatic heterocycles. The average molecular weight is 317 g/mol. The molecule has 4 nitrogen and oxygen atoms in total. The summed E-state index contributed by atoms with van der Waals surface area (Å²) in [6, 6.07) is 4.93. The van der Waals surface area contributed by atoms with Gasteiger partial charge in [0.25, 0.3) is 5.69 Å². The van der Waals surface area contributed by atoms with E-state index >= 15 is 0 Å². The van der Waals surface area contributed by atoms with Crippen molar-refractivity contribution in [2.45, 2.75) is 25.6 Å². The van der Waals surface area contributed by atoms with Gasteiger partial charge in [0.05, 0.1) is 4.92 Å². The fourth-order valence-electron chi connectivity index (χ4n) is 2.15. The van der Waals surface area contributed by atoms with Crippen LogP contribution in [-0.4, -0.2) is 29.1 Å². The highest BCUT2D eigenvalue weighted by Gasteiger charge is 2.19. The van der Waals surface area contributed by atoms with Crippen LogP contribution in [-0.2, 0) is 6.54 Å². The van der Waals surface area contributed by atoms with Gasteiger partial charge in [0.15, 0.2) is 0 Å². The van der Waals surface area contributed by atoms with Crippen LogP contribution in [0.5, 0.6) is 0 Å². The third-order valence-electron chi connectivity index (χ3n) is 3.08. The summed E-state index contributed by atoms with van der Waals surface area (Å²) >= 11 is 3.27. The standard InChI is InChI=1S/C12H14BrFN2O2/c13-10-5-9(6-12(7-10)16(17)18)8-15-3-1-11(14)2-4-15/h5-7,11H,1-4,8H2. The van der Waals surface area contributed by atoms with Gasteiger partial charge < -0.3 is 0 Å². The smallest absolute Gasteiger partial charge is 0.270 e. The van der Waals surface area contributed by atoms with Gasteiger partial charge >= 0.3 is 0 Å². The first kappa shape index (κ1) is 13.4. The molecule has 0 amide bonds. The highest BCUT2D eigenvalue weighted by molar-refractivity contribution is 9.10. The van der Waals surface area contributed by atoms with E-state index in [4.69, 9.17) is 0 Å². The summed E-state index contributed by atoms with van der Waals surface area (Å²) in [6.45, 7) is 2.05. The summed E-state index contributed by atoms with van der Waals surface area (Å²) in [7, 11) is 0. The molecule has 1 saturated heterocycles. The van der Waals surface area contributed by atoms with E-state index in [0.29, 0.717) is 36.9 Å².